The van der Waals surface area contributed by atoms with Crippen molar-refractivity contribution in [1.82, 2.24) is 9.29 Å². The fourth-order valence-electron chi connectivity index (χ4n) is 2.21. The molecule has 108 valence electrons. The number of ether oxygens (including phenoxy) is 1. The Kier molecular flexibility index (Phi) is 4.25. The van der Waals surface area contributed by atoms with Crippen molar-refractivity contribution >= 4 is 20.9 Å². The Morgan fingerprint density at radius 1 is 1.20 bits per heavy atom. The van der Waals surface area contributed by atoms with E-state index >= 15 is 0 Å². The van der Waals surface area contributed by atoms with Crippen LogP contribution in [0.4, 0.5) is 0 Å². The van der Waals surface area contributed by atoms with E-state index in [1.807, 2.05) is 13.8 Å². The minimum Gasteiger partial charge on any atom is -0.494 e. The Labute approximate surface area is 119 Å². The number of pyridine rings is 1. The molecule has 2 rings (SSSR count). The minimum absolute atomic E-state index is 0.269. The summed E-state index contributed by atoms with van der Waals surface area (Å²) in [5.74, 6) is 0.569. The molecule has 0 fully saturated rings. The van der Waals surface area contributed by atoms with Crippen molar-refractivity contribution in [1.29, 1.82) is 0 Å². The lowest BCUT2D eigenvalue weighted by molar-refractivity contribution is 0.418. The van der Waals surface area contributed by atoms with E-state index in [1.54, 1.807) is 37.6 Å². The second-order valence-electron chi connectivity index (χ2n) is 4.25. The highest BCUT2D eigenvalue weighted by Crippen LogP contribution is 2.30. The van der Waals surface area contributed by atoms with Crippen molar-refractivity contribution in [3.8, 4) is 5.75 Å². The van der Waals surface area contributed by atoms with Gasteiger partial charge >= 0.3 is 0 Å². The number of sulfonamides is 1. The number of hydrogen-bond acceptors (Lipinski definition) is 4. The SMILES string of the molecule is CCN(CC)S(=O)(=O)c1ccc(OC)c2ncccc12. The summed E-state index contributed by atoms with van der Waals surface area (Å²) in [5.41, 5.74) is 0.559. The van der Waals surface area contributed by atoms with E-state index in [2.05, 4.69) is 4.98 Å². The van der Waals surface area contributed by atoms with Gasteiger partial charge in [-0.3, -0.25) is 4.98 Å². The molecule has 0 atom stereocenters. The average Bonchev–Trinajstić information content (AvgIpc) is 2.46. The normalized spacial score (nSPS) is 12.0. The standard InChI is InChI=1S/C14H18N2O3S/c1-4-16(5-2)20(17,18)13-9-8-12(19-3)14-11(13)7-6-10-15-14/h6-10H,4-5H2,1-3H3. The van der Waals surface area contributed by atoms with Crippen LogP contribution in [0.3, 0.4) is 0 Å². The summed E-state index contributed by atoms with van der Waals surface area (Å²) in [6, 6.07) is 6.70. The monoisotopic (exact) mass is 294 g/mol. The van der Waals surface area contributed by atoms with Crippen LogP contribution in [0.5, 0.6) is 5.75 Å². The Hall–Kier alpha value is -1.66. The lowest BCUT2D eigenvalue weighted by Crippen LogP contribution is -2.30. The van der Waals surface area contributed by atoms with E-state index in [0.717, 1.165) is 0 Å². The van der Waals surface area contributed by atoms with Crippen LogP contribution in [-0.2, 0) is 10.0 Å². The minimum atomic E-state index is -3.52. The van der Waals surface area contributed by atoms with Crippen molar-refractivity contribution in [3.05, 3.63) is 30.5 Å². The van der Waals surface area contributed by atoms with Gasteiger partial charge in [-0.05, 0) is 24.3 Å². The van der Waals surface area contributed by atoms with E-state index in [4.69, 9.17) is 4.74 Å². The predicted octanol–water partition coefficient (Wildman–Crippen LogP) is 2.27. The predicted molar refractivity (Wildman–Crippen MR) is 78.4 cm³/mol. The van der Waals surface area contributed by atoms with Crippen LogP contribution in [0, 0.1) is 0 Å². The maximum atomic E-state index is 12.7. The second-order valence-corrected chi connectivity index (χ2v) is 6.16. The number of benzene rings is 1. The van der Waals surface area contributed by atoms with Crippen LogP contribution in [0.1, 0.15) is 13.8 Å². The van der Waals surface area contributed by atoms with Crippen molar-refractivity contribution in [2.45, 2.75) is 18.7 Å². The molecular weight excluding hydrogens is 276 g/mol. The number of fused-ring (bicyclic) bond motifs is 1. The molecule has 0 saturated heterocycles. The van der Waals surface area contributed by atoms with Gasteiger partial charge in [0.15, 0.2) is 0 Å². The Balaban J connectivity index is 2.73. The molecule has 0 bridgehead atoms. The number of rotatable bonds is 5. The Bertz CT molecular complexity index is 709. The van der Waals surface area contributed by atoms with Gasteiger partial charge in [0.05, 0.1) is 12.0 Å². The molecule has 1 aromatic carbocycles. The fraction of sp³-hybridized carbons (Fsp3) is 0.357. The highest BCUT2D eigenvalue weighted by atomic mass is 32.2. The van der Waals surface area contributed by atoms with Crippen LogP contribution >= 0.6 is 0 Å². The molecule has 0 unspecified atom stereocenters. The average molecular weight is 294 g/mol. The zero-order valence-electron chi connectivity index (χ0n) is 11.8. The third-order valence-electron chi connectivity index (χ3n) is 3.24. The van der Waals surface area contributed by atoms with Crippen LogP contribution < -0.4 is 4.74 Å². The molecule has 1 aromatic heterocycles. The summed E-state index contributed by atoms with van der Waals surface area (Å²) < 4.78 is 32.0. The molecule has 0 radical (unpaired) electrons. The summed E-state index contributed by atoms with van der Waals surface area (Å²) in [4.78, 5) is 4.50. The third kappa shape index (κ3) is 2.36. The topological polar surface area (TPSA) is 59.5 Å². The zero-order chi connectivity index (χ0) is 14.8. The molecule has 0 aliphatic heterocycles. The number of aromatic nitrogens is 1. The molecule has 0 saturated carbocycles. The summed E-state index contributed by atoms with van der Waals surface area (Å²) in [6.45, 7) is 4.52. The summed E-state index contributed by atoms with van der Waals surface area (Å²) in [6.07, 6.45) is 1.62. The van der Waals surface area contributed by atoms with Crippen LogP contribution in [0.15, 0.2) is 35.4 Å². The van der Waals surface area contributed by atoms with Crippen molar-refractivity contribution in [3.63, 3.8) is 0 Å². The van der Waals surface area contributed by atoms with Crippen LogP contribution in [0.2, 0.25) is 0 Å². The van der Waals surface area contributed by atoms with Gasteiger partial charge in [-0.2, -0.15) is 4.31 Å². The Morgan fingerprint density at radius 2 is 1.90 bits per heavy atom. The van der Waals surface area contributed by atoms with Gasteiger partial charge < -0.3 is 4.74 Å². The highest BCUT2D eigenvalue weighted by Gasteiger charge is 2.24. The zero-order valence-corrected chi connectivity index (χ0v) is 12.6. The molecule has 20 heavy (non-hydrogen) atoms. The van der Waals surface area contributed by atoms with Gasteiger partial charge in [-0.1, -0.05) is 13.8 Å². The quantitative estimate of drug-likeness (QED) is 0.849. The van der Waals surface area contributed by atoms with E-state index in [0.29, 0.717) is 29.7 Å². The molecule has 0 aliphatic rings. The Morgan fingerprint density at radius 3 is 2.50 bits per heavy atom. The van der Waals surface area contributed by atoms with Gasteiger partial charge in [-0.15, -0.1) is 0 Å². The molecule has 0 amide bonds. The first-order valence-electron chi connectivity index (χ1n) is 6.48. The smallest absolute Gasteiger partial charge is 0.243 e. The van der Waals surface area contributed by atoms with Gasteiger partial charge in [-0.25, -0.2) is 8.42 Å². The summed E-state index contributed by atoms with van der Waals surface area (Å²) in [7, 11) is -1.97. The molecule has 0 N–H and O–H groups in total. The van der Waals surface area contributed by atoms with Gasteiger partial charge in [0, 0.05) is 24.7 Å². The van der Waals surface area contributed by atoms with E-state index in [9.17, 15) is 8.42 Å². The van der Waals surface area contributed by atoms with Crippen LogP contribution in [-0.4, -0.2) is 37.9 Å². The number of nitrogens with zero attached hydrogens (tertiary/aromatic N) is 2. The molecule has 1 heterocycles. The molecule has 2 aromatic rings. The van der Waals surface area contributed by atoms with Crippen molar-refractivity contribution in [2.24, 2.45) is 0 Å². The first-order chi connectivity index (χ1) is 9.56. The van der Waals surface area contributed by atoms with E-state index in [1.165, 1.54) is 4.31 Å². The molecule has 6 heteroatoms. The number of hydrogen-bond donors (Lipinski definition) is 0. The lowest BCUT2D eigenvalue weighted by Gasteiger charge is -2.19. The molecule has 0 spiro atoms. The highest BCUT2D eigenvalue weighted by molar-refractivity contribution is 7.89. The fourth-order valence-corrected chi connectivity index (χ4v) is 3.85. The van der Waals surface area contributed by atoms with Gasteiger partial charge in [0.1, 0.15) is 11.3 Å². The van der Waals surface area contributed by atoms with E-state index < -0.39 is 10.0 Å². The first kappa shape index (κ1) is 14.7. The lowest BCUT2D eigenvalue weighted by atomic mass is 10.2. The van der Waals surface area contributed by atoms with Gasteiger partial charge in [0.25, 0.3) is 0 Å². The second kappa shape index (κ2) is 5.76. The maximum Gasteiger partial charge on any atom is 0.243 e. The summed E-state index contributed by atoms with van der Waals surface area (Å²) >= 11 is 0. The maximum absolute atomic E-state index is 12.7. The third-order valence-corrected chi connectivity index (χ3v) is 5.34. The van der Waals surface area contributed by atoms with Gasteiger partial charge in [0.2, 0.25) is 10.0 Å². The molecular formula is C14H18N2O3S. The largest absolute Gasteiger partial charge is 0.494 e. The van der Waals surface area contributed by atoms with Crippen LogP contribution in [0.25, 0.3) is 10.9 Å². The van der Waals surface area contributed by atoms with Crippen molar-refractivity contribution < 1.29 is 13.2 Å². The summed E-state index contributed by atoms with van der Waals surface area (Å²) in [5, 5.41) is 0.582. The van der Waals surface area contributed by atoms with E-state index in [-0.39, 0.29) is 4.90 Å². The molecule has 0 aliphatic carbocycles. The first-order valence-corrected chi connectivity index (χ1v) is 7.92. The molecule has 5 nitrogen and oxygen atoms in total. The van der Waals surface area contributed by atoms with Crippen molar-refractivity contribution in [2.75, 3.05) is 20.2 Å². The number of methoxy groups -OCH3 is 1.